The summed E-state index contributed by atoms with van der Waals surface area (Å²) in [6, 6.07) is 2.95. The Labute approximate surface area is 154 Å². The fraction of sp³-hybridized carbons (Fsp3) is 0.550. The van der Waals surface area contributed by atoms with Gasteiger partial charge in [0, 0.05) is 24.0 Å². The summed E-state index contributed by atoms with van der Waals surface area (Å²) in [6.07, 6.45) is 14.5. The van der Waals surface area contributed by atoms with Gasteiger partial charge in [0.1, 0.15) is 0 Å². The monoisotopic (exact) mass is 352 g/mol. The minimum atomic E-state index is 0.269. The number of rotatable bonds is 5. The second kappa shape index (κ2) is 7.09. The molecule has 0 aromatic carbocycles. The van der Waals surface area contributed by atoms with Crippen LogP contribution < -0.4 is 0 Å². The van der Waals surface area contributed by atoms with Crippen LogP contribution in [0.15, 0.2) is 31.0 Å². The molecule has 0 radical (unpaired) electrons. The largest absolute Gasteiger partial charge is 0.328 e. The minimum Gasteiger partial charge on any atom is -0.328 e. The number of nitrogens with zero attached hydrogens (tertiary/aromatic N) is 6. The molecule has 3 aromatic heterocycles. The van der Waals surface area contributed by atoms with E-state index in [-0.39, 0.29) is 6.04 Å². The van der Waals surface area contributed by atoms with E-state index in [9.17, 15) is 0 Å². The number of hydrogen-bond donors (Lipinski definition) is 0. The van der Waals surface area contributed by atoms with Crippen LogP contribution in [0.25, 0.3) is 11.3 Å². The summed E-state index contributed by atoms with van der Waals surface area (Å²) in [5.41, 5.74) is 4.53. The molecular weight excluding hydrogens is 324 g/mol. The molecule has 6 heteroatoms. The SMILES string of the molecule is Cc1cc(C)n([C@@H](C)Cn2cncc2-c2cnn(C3CCCCC3)c2)n1. The summed E-state index contributed by atoms with van der Waals surface area (Å²) in [5.74, 6) is 0. The summed E-state index contributed by atoms with van der Waals surface area (Å²) in [5, 5.41) is 9.27. The van der Waals surface area contributed by atoms with E-state index in [1.54, 1.807) is 0 Å². The second-order valence-corrected chi connectivity index (χ2v) is 7.65. The van der Waals surface area contributed by atoms with Gasteiger partial charge in [-0.05, 0) is 39.7 Å². The molecule has 0 unspecified atom stereocenters. The third-order valence-corrected chi connectivity index (χ3v) is 5.48. The van der Waals surface area contributed by atoms with Crippen molar-refractivity contribution in [3.8, 4) is 11.3 Å². The Morgan fingerprint density at radius 3 is 2.69 bits per heavy atom. The number of hydrogen-bond acceptors (Lipinski definition) is 3. The van der Waals surface area contributed by atoms with E-state index in [1.165, 1.54) is 37.8 Å². The molecule has 138 valence electrons. The maximum absolute atomic E-state index is 4.65. The van der Waals surface area contributed by atoms with Crippen LogP contribution in [0.3, 0.4) is 0 Å². The lowest BCUT2D eigenvalue weighted by Crippen LogP contribution is -2.15. The van der Waals surface area contributed by atoms with Gasteiger partial charge in [-0.3, -0.25) is 9.36 Å². The van der Waals surface area contributed by atoms with Crippen LogP contribution >= 0.6 is 0 Å². The molecule has 0 saturated heterocycles. The fourth-order valence-electron chi connectivity index (χ4n) is 4.18. The van der Waals surface area contributed by atoms with Gasteiger partial charge < -0.3 is 4.57 Å². The number of aromatic nitrogens is 6. The third-order valence-electron chi connectivity index (χ3n) is 5.48. The zero-order chi connectivity index (χ0) is 18.1. The lowest BCUT2D eigenvalue weighted by Gasteiger charge is -2.21. The molecule has 1 atom stereocenters. The zero-order valence-electron chi connectivity index (χ0n) is 16.0. The molecule has 1 fully saturated rings. The van der Waals surface area contributed by atoms with Gasteiger partial charge in [0.05, 0.1) is 42.2 Å². The highest BCUT2D eigenvalue weighted by Gasteiger charge is 2.18. The first-order chi connectivity index (χ1) is 12.6. The van der Waals surface area contributed by atoms with Crippen molar-refractivity contribution in [2.45, 2.75) is 71.5 Å². The number of imidazole rings is 1. The van der Waals surface area contributed by atoms with Crippen LogP contribution in [-0.4, -0.2) is 29.1 Å². The van der Waals surface area contributed by atoms with Crippen molar-refractivity contribution in [1.29, 1.82) is 0 Å². The molecular formula is C20H28N6. The summed E-state index contributed by atoms with van der Waals surface area (Å²) >= 11 is 0. The highest BCUT2D eigenvalue weighted by atomic mass is 15.3. The lowest BCUT2D eigenvalue weighted by atomic mass is 9.96. The molecule has 26 heavy (non-hydrogen) atoms. The fourth-order valence-corrected chi connectivity index (χ4v) is 4.18. The molecule has 1 aliphatic carbocycles. The van der Waals surface area contributed by atoms with Gasteiger partial charge in [-0.1, -0.05) is 19.3 Å². The van der Waals surface area contributed by atoms with Crippen molar-refractivity contribution in [3.63, 3.8) is 0 Å². The summed E-state index contributed by atoms with van der Waals surface area (Å²) in [7, 11) is 0. The topological polar surface area (TPSA) is 53.5 Å². The van der Waals surface area contributed by atoms with E-state index in [0.29, 0.717) is 6.04 Å². The molecule has 0 spiro atoms. The van der Waals surface area contributed by atoms with Crippen LogP contribution in [0.4, 0.5) is 0 Å². The Kier molecular flexibility index (Phi) is 4.66. The van der Waals surface area contributed by atoms with Crippen LogP contribution in [0.5, 0.6) is 0 Å². The molecule has 6 nitrogen and oxygen atoms in total. The van der Waals surface area contributed by atoms with Gasteiger partial charge in [-0.2, -0.15) is 10.2 Å². The van der Waals surface area contributed by atoms with Gasteiger partial charge in [0.15, 0.2) is 0 Å². The van der Waals surface area contributed by atoms with Crippen molar-refractivity contribution in [3.05, 3.63) is 42.4 Å². The van der Waals surface area contributed by atoms with Crippen LogP contribution in [-0.2, 0) is 6.54 Å². The first-order valence-electron chi connectivity index (χ1n) is 9.69. The van der Waals surface area contributed by atoms with Crippen LogP contribution in [0.1, 0.15) is 62.5 Å². The third kappa shape index (κ3) is 3.32. The molecule has 0 amide bonds. The van der Waals surface area contributed by atoms with Crippen molar-refractivity contribution in [2.24, 2.45) is 0 Å². The minimum absolute atomic E-state index is 0.269. The highest BCUT2D eigenvalue weighted by molar-refractivity contribution is 5.56. The van der Waals surface area contributed by atoms with Gasteiger partial charge in [0.25, 0.3) is 0 Å². The Balaban J connectivity index is 1.53. The highest BCUT2D eigenvalue weighted by Crippen LogP contribution is 2.29. The van der Waals surface area contributed by atoms with E-state index < -0.39 is 0 Å². The standard InChI is InChI=1S/C20H28N6/c1-15-9-16(2)26(23-15)17(3)12-24-14-21-11-20(24)18-10-22-25(13-18)19-7-5-4-6-8-19/h9-11,13-14,17,19H,4-8,12H2,1-3H3/t17-/m0/s1. The van der Waals surface area contributed by atoms with Crippen LogP contribution in [0, 0.1) is 13.8 Å². The predicted molar refractivity (Wildman–Crippen MR) is 102 cm³/mol. The molecule has 3 heterocycles. The van der Waals surface area contributed by atoms with E-state index in [2.05, 4.69) is 55.2 Å². The molecule has 1 saturated carbocycles. The average Bonchev–Trinajstić information content (AvgIpc) is 3.35. The summed E-state index contributed by atoms with van der Waals surface area (Å²) in [4.78, 5) is 4.39. The Bertz CT molecular complexity index is 865. The second-order valence-electron chi connectivity index (χ2n) is 7.65. The Hall–Kier alpha value is -2.37. The van der Waals surface area contributed by atoms with E-state index in [4.69, 9.17) is 0 Å². The quantitative estimate of drug-likeness (QED) is 0.687. The first kappa shape index (κ1) is 17.1. The zero-order valence-corrected chi connectivity index (χ0v) is 16.0. The summed E-state index contributed by atoms with van der Waals surface area (Å²) in [6.45, 7) is 7.19. The maximum Gasteiger partial charge on any atom is 0.0951 e. The summed E-state index contributed by atoms with van der Waals surface area (Å²) < 4.78 is 6.48. The first-order valence-corrected chi connectivity index (χ1v) is 9.69. The molecule has 0 N–H and O–H groups in total. The molecule has 0 aliphatic heterocycles. The van der Waals surface area contributed by atoms with Crippen LogP contribution in [0.2, 0.25) is 0 Å². The van der Waals surface area contributed by atoms with Gasteiger partial charge in [-0.25, -0.2) is 4.98 Å². The molecule has 0 bridgehead atoms. The lowest BCUT2D eigenvalue weighted by molar-refractivity contribution is 0.329. The van der Waals surface area contributed by atoms with Gasteiger partial charge in [-0.15, -0.1) is 0 Å². The Morgan fingerprint density at radius 2 is 1.96 bits per heavy atom. The smallest absolute Gasteiger partial charge is 0.0951 e. The van der Waals surface area contributed by atoms with Gasteiger partial charge >= 0.3 is 0 Å². The van der Waals surface area contributed by atoms with Crippen molar-refractivity contribution < 1.29 is 0 Å². The predicted octanol–water partition coefficient (Wildman–Crippen LogP) is 4.33. The van der Waals surface area contributed by atoms with E-state index in [1.807, 2.05) is 25.6 Å². The van der Waals surface area contributed by atoms with Crippen molar-refractivity contribution >= 4 is 0 Å². The van der Waals surface area contributed by atoms with Crippen molar-refractivity contribution in [2.75, 3.05) is 0 Å². The Morgan fingerprint density at radius 1 is 1.15 bits per heavy atom. The molecule has 1 aliphatic rings. The van der Waals surface area contributed by atoms with E-state index in [0.717, 1.165) is 23.5 Å². The van der Waals surface area contributed by atoms with Gasteiger partial charge in [0.2, 0.25) is 0 Å². The van der Waals surface area contributed by atoms with Crippen molar-refractivity contribution in [1.82, 2.24) is 29.1 Å². The van der Waals surface area contributed by atoms with E-state index >= 15 is 0 Å². The molecule has 3 aromatic rings. The normalized spacial score (nSPS) is 16.9. The number of aryl methyl sites for hydroxylation is 2. The molecule has 4 rings (SSSR count). The average molecular weight is 352 g/mol. The maximum atomic E-state index is 4.65.